The third-order valence-corrected chi connectivity index (χ3v) is 4.30. The van der Waals surface area contributed by atoms with Crippen LogP contribution in [0, 0.1) is 0 Å². The van der Waals surface area contributed by atoms with Gasteiger partial charge in [0.2, 0.25) is 11.2 Å². The Kier molecular flexibility index (Phi) is 3.63. The van der Waals surface area contributed by atoms with Gasteiger partial charge in [-0.15, -0.1) is 0 Å². The topological polar surface area (TPSA) is 62.8 Å². The van der Waals surface area contributed by atoms with Gasteiger partial charge in [-0.25, -0.2) is 4.42 Å². The van der Waals surface area contributed by atoms with Crippen LogP contribution in [0.5, 0.6) is 0 Å². The van der Waals surface area contributed by atoms with E-state index in [-0.39, 0.29) is 11.4 Å². The summed E-state index contributed by atoms with van der Waals surface area (Å²) >= 11 is 12.4. The molecule has 2 saturated heterocycles. The summed E-state index contributed by atoms with van der Waals surface area (Å²) in [6, 6.07) is 0. The molecule has 22 heavy (non-hydrogen) atoms. The molecule has 0 aromatic carbocycles. The largest absolute Gasteiger partial charge is 0.472 e. The number of hydrogen-bond acceptors (Lipinski definition) is 7. The van der Waals surface area contributed by atoms with E-state index in [9.17, 15) is 0 Å². The van der Waals surface area contributed by atoms with Crippen LogP contribution in [0.25, 0.3) is 0 Å². The fraction of sp³-hybridized carbons (Fsp3) is 0.538. The highest BCUT2D eigenvalue weighted by Gasteiger charge is 2.30. The molecule has 1 aromatic heterocycles. The Bertz CT molecular complexity index is 617. The van der Waals surface area contributed by atoms with Crippen molar-refractivity contribution in [3.63, 3.8) is 0 Å². The number of nitrogens with zero attached hydrogens (tertiary/aromatic N) is 4. The molecule has 1 aromatic rings. The predicted molar refractivity (Wildman–Crippen MR) is 84.2 cm³/mol. The normalized spacial score (nSPS) is 23.5. The van der Waals surface area contributed by atoms with E-state index in [4.69, 9.17) is 32.9 Å². The number of aromatic nitrogens is 2. The lowest BCUT2D eigenvalue weighted by atomic mass is 10.2. The van der Waals surface area contributed by atoms with Crippen LogP contribution in [0.2, 0.25) is 5.28 Å². The average Bonchev–Trinajstić information content (AvgIpc) is 2.88. The lowest BCUT2D eigenvalue weighted by Gasteiger charge is -2.36. The molecule has 4 rings (SSSR count). The summed E-state index contributed by atoms with van der Waals surface area (Å²) in [4.78, 5) is 10.7. The molecule has 7 nitrogen and oxygen atoms in total. The van der Waals surface area contributed by atoms with Gasteiger partial charge in [-0.1, -0.05) is 0 Å². The van der Waals surface area contributed by atoms with E-state index < -0.39 is 0 Å². The standard InChI is InChI=1S/C13H15Cl2N5O2/c14-13-17-11-10(12(18-13)19-3-1-4-19)20(15)6-9(16-11)22-8-2-5-21-7-8/h6,8H,1-5,7H2,(H,16,17,18)/t8-/m1/s1. The Hall–Kier alpha value is -1.44. The van der Waals surface area contributed by atoms with Gasteiger partial charge in [0.15, 0.2) is 11.6 Å². The van der Waals surface area contributed by atoms with E-state index in [0.29, 0.717) is 30.6 Å². The number of nitrogens with one attached hydrogen (secondary N) is 1. The molecule has 4 heterocycles. The fourth-order valence-corrected chi connectivity index (χ4v) is 3.02. The number of anilines is 3. The van der Waals surface area contributed by atoms with Crippen molar-refractivity contribution in [2.45, 2.75) is 18.9 Å². The van der Waals surface area contributed by atoms with Crippen LogP contribution in [-0.2, 0) is 9.47 Å². The molecular weight excluding hydrogens is 329 g/mol. The molecule has 0 saturated carbocycles. The van der Waals surface area contributed by atoms with Gasteiger partial charge in [0.1, 0.15) is 11.8 Å². The Morgan fingerprint density at radius 1 is 1.36 bits per heavy atom. The van der Waals surface area contributed by atoms with Crippen LogP contribution >= 0.6 is 23.4 Å². The molecule has 0 amide bonds. The first kappa shape index (κ1) is 14.2. The maximum Gasteiger partial charge on any atom is 0.226 e. The maximum absolute atomic E-state index is 6.37. The minimum absolute atomic E-state index is 0.0255. The van der Waals surface area contributed by atoms with Crippen LogP contribution in [0.1, 0.15) is 12.8 Å². The zero-order chi connectivity index (χ0) is 15.1. The second kappa shape index (κ2) is 5.64. The third-order valence-electron chi connectivity index (χ3n) is 3.86. The van der Waals surface area contributed by atoms with Crippen molar-refractivity contribution in [1.29, 1.82) is 0 Å². The van der Waals surface area contributed by atoms with Crippen molar-refractivity contribution < 1.29 is 9.47 Å². The molecule has 0 bridgehead atoms. The van der Waals surface area contributed by atoms with Crippen molar-refractivity contribution in [3.05, 3.63) is 17.4 Å². The molecule has 9 heteroatoms. The highest BCUT2D eigenvalue weighted by atomic mass is 35.5. The number of ether oxygens (including phenoxy) is 2. The van der Waals surface area contributed by atoms with Crippen LogP contribution < -0.4 is 14.6 Å². The van der Waals surface area contributed by atoms with Crippen molar-refractivity contribution >= 4 is 40.7 Å². The van der Waals surface area contributed by atoms with Gasteiger partial charge in [-0.2, -0.15) is 9.97 Å². The van der Waals surface area contributed by atoms with Gasteiger partial charge in [0, 0.05) is 31.3 Å². The lowest BCUT2D eigenvalue weighted by molar-refractivity contribution is 0.0939. The van der Waals surface area contributed by atoms with Gasteiger partial charge in [-0.3, -0.25) is 0 Å². The van der Waals surface area contributed by atoms with Crippen molar-refractivity contribution in [2.75, 3.05) is 40.9 Å². The lowest BCUT2D eigenvalue weighted by Crippen LogP contribution is -2.39. The predicted octanol–water partition coefficient (Wildman–Crippen LogP) is 2.33. The van der Waals surface area contributed by atoms with Gasteiger partial charge >= 0.3 is 0 Å². The van der Waals surface area contributed by atoms with E-state index >= 15 is 0 Å². The van der Waals surface area contributed by atoms with E-state index in [2.05, 4.69) is 20.2 Å². The summed E-state index contributed by atoms with van der Waals surface area (Å²) in [6.07, 6.45) is 3.70. The number of halogens is 2. The van der Waals surface area contributed by atoms with E-state index in [1.54, 1.807) is 6.20 Å². The van der Waals surface area contributed by atoms with Gasteiger partial charge in [-0.05, 0) is 18.0 Å². The Morgan fingerprint density at radius 3 is 2.91 bits per heavy atom. The molecule has 0 radical (unpaired) electrons. The summed E-state index contributed by atoms with van der Waals surface area (Å²) in [5.74, 6) is 1.82. The zero-order valence-corrected chi connectivity index (χ0v) is 13.3. The van der Waals surface area contributed by atoms with Crippen LogP contribution in [0.3, 0.4) is 0 Å². The van der Waals surface area contributed by atoms with Gasteiger partial charge in [0.05, 0.1) is 19.4 Å². The second-order valence-electron chi connectivity index (χ2n) is 5.39. The molecule has 1 atom stereocenters. The Balaban J connectivity index is 1.62. The van der Waals surface area contributed by atoms with Crippen molar-refractivity contribution in [2.24, 2.45) is 0 Å². The highest BCUT2D eigenvalue weighted by molar-refractivity contribution is 6.30. The molecule has 118 valence electrons. The van der Waals surface area contributed by atoms with Gasteiger partial charge in [0.25, 0.3) is 0 Å². The van der Waals surface area contributed by atoms with Gasteiger partial charge < -0.3 is 19.7 Å². The van der Waals surface area contributed by atoms with Crippen LogP contribution in [0.4, 0.5) is 17.3 Å². The monoisotopic (exact) mass is 343 g/mol. The summed E-state index contributed by atoms with van der Waals surface area (Å²) in [7, 11) is 0. The summed E-state index contributed by atoms with van der Waals surface area (Å²) < 4.78 is 12.6. The molecule has 0 unspecified atom stereocenters. The van der Waals surface area contributed by atoms with E-state index in [0.717, 1.165) is 31.7 Å². The number of hydrogen-bond donors (Lipinski definition) is 1. The van der Waals surface area contributed by atoms with E-state index in [1.165, 1.54) is 4.42 Å². The minimum atomic E-state index is 0.0255. The summed E-state index contributed by atoms with van der Waals surface area (Å²) in [5.41, 5.74) is 0.695. The Labute approximate surface area is 137 Å². The minimum Gasteiger partial charge on any atom is -0.472 e. The third kappa shape index (κ3) is 2.53. The van der Waals surface area contributed by atoms with Crippen LogP contribution in [0.15, 0.2) is 12.1 Å². The van der Waals surface area contributed by atoms with E-state index in [1.807, 2.05) is 0 Å². The summed E-state index contributed by atoms with van der Waals surface area (Å²) in [6.45, 7) is 3.18. The highest BCUT2D eigenvalue weighted by Crippen LogP contribution is 2.41. The fourth-order valence-electron chi connectivity index (χ4n) is 2.61. The molecule has 2 fully saturated rings. The molecule has 3 aliphatic heterocycles. The Morgan fingerprint density at radius 2 is 2.23 bits per heavy atom. The zero-order valence-electron chi connectivity index (χ0n) is 11.8. The quantitative estimate of drug-likeness (QED) is 0.667. The molecular formula is C13H15Cl2N5O2. The first-order chi connectivity index (χ1) is 10.7. The first-order valence-electron chi connectivity index (χ1n) is 7.21. The number of fused-ring (bicyclic) bond motifs is 1. The molecule has 0 spiro atoms. The molecule has 1 N–H and O–H groups in total. The smallest absolute Gasteiger partial charge is 0.226 e. The molecule has 0 aliphatic carbocycles. The first-order valence-corrected chi connectivity index (χ1v) is 7.93. The van der Waals surface area contributed by atoms with Crippen LogP contribution in [-0.4, -0.2) is 42.4 Å². The maximum atomic E-state index is 6.37. The average molecular weight is 344 g/mol. The summed E-state index contributed by atoms with van der Waals surface area (Å²) in [5, 5.41) is 3.32. The molecule has 3 aliphatic rings. The second-order valence-corrected chi connectivity index (χ2v) is 6.09. The number of rotatable bonds is 3. The van der Waals surface area contributed by atoms with Crippen molar-refractivity contribution in [1.82, 2.24) is 9.97 Å². The van der Waals surface area contributed by atoms with Crippen molar-refractivity contribution in [3.8, 4) is 0 Å². The SMILES string of the molecule is Clc1nc2c(c(N3CCC3)n1)N(Cl)C=C(O[C@@H]1CCOC1)N2.